The Kier molecular flexibility index (Phi) is 9.91. The molecule has 2 atom stereocenters. The average molecular weight is 612 g/mol. The van der Waals surface area contributed by atoms with Crippen molar-refractivity contribution in [2.24, 2.45) is 5.92 Å². The molecule has 10 nitrogen and oxygen atoms in total. The average Bonchev–Trinajstić information content (AvgIpc) is 3.32. The van der Waals surface area contributed by atoms with Crippen molar-refractivity contribution < 1.29 is 50.7 Å². The number of nitrogens with one attached hydrogen (secondary N) is 1. The van der Waals surface area contributed by atoms with Crippen LogP contribution in [0.25, 0.3) is 11.3 Å². The minimum Gasteiger partial charge on any atom is -0.479 e. The van der Waals surface area contributed by atoms with Crippen LogP contribution in [0, 0.1) is 29.2 Å². The first-order valence-electron chi connectivity index (χ1n) is 12.4. The molecular weight excluding hydrogens is 590 g/mol. The van der Waals surface area contributed by atoms with Gasteiger partial charge in [-0.05, 0) is 12.1 Å². The van der Waals surface area contributed by atoms with E-state index in [0.717, 1.165) is 0 Å². The van der Waals surface area contributed by atoms with Crippen LogP contribution in [0.4, 0.5) is 17.6 Å². The molecule has 1 N–H and O–H groups in total. The summed E-state index contributed by atoms with van der Waals surface area (Å²) in [6.07, 6.45) is -0.233. The van der Waals surface area contributed by atoms with E-state index in [2.05, 4.69) is 15.2 Å². The van der Waals surface area contributed by atoms with Gasteiger partial charge in [0.2, 0.25) is 17.5 Å². The number of hydrogen-bond donors (Lipinski definition) is 1. The summed E-state index contributed by atoms with van der Waals surface area (Å²) >= 11 is 6.17. The minimum atomic E-state index is -1.86. The third-order valence-corrected chi connectivity index (χ3v) is 6.59. The number of aldehydes is 1. The molecule has 1 fully saturated rings. The Morgan fingerprint density at radius 2 is 1.86 bits per heavy atom. The van der Waals surface area contributed by atoms with Gasteiger partial charge in [-0.3, -0.25) is 14.4 Å². The summed E-state index contributed by atoms with van der Waals surface area (Å²) in [6.45, 7) is -1.24. The van der Waals surface area contributed by atoms with Gasteiger partial charge >= 0.3 is 0 Å². The Bertz CT molecular complexity index is 1480. The molecule has 2 heterocycles. The van der Waals surface area contributed by atoms with Crippen molar-refractivity contribution in [1.82, 2.24) is 15.4 Å². The number of ketones is 1. The lowest BCUT2D eigenvalue weighted by Crippen LogP contribution is -2.48. The van der Waals surface area contributed by atoms with E-state index in [4.69, 9.17) is 20.9 Å². The molecular formula is C27H22ClF4N3O7. The van der Waals surface area contributed by atoms with Gasteiger partial charge in [0.05, 0.1) is 30.2 Å². The lowest BCUT2D eigenvalue weighted by molar-refractivity contribution is -0.132. The monoisotopic (exact) mass is 611 g/mol. The highest BCUT2D eigenvalue weighted by Crippen LogP contribution is 2.29. The molecule has 1 saturated heterocycles. The molecule has 0 bridgehead atoms. The summed E-state index contributed by atoms with van der Waals surface area (Å²) in [6, 6.07) is 6.64. The topological polar surface area (TPSA) is 128 Å². The highest BCUT2D eigenvalue weighted by molar-refractivity contribution is 6.33. The molecule has 2 amide bonds. The normalized spacial score (nSPS) is 15.9. The fourth-order valence-corrected chi connectivity index (χ4v) is 4.29. The third kappa shape index (κ3) is 6.94. The van der Waals surface area contributed by atoms with E-state index in [1.807, 2.05) is 0 Å². The Balaban J connectivity index is 1.41. The van der Waals surface area contributed by atoms with Gasteiger partial charge in [-0.1, -0.05) is 28.9 Å². The van der Waals surface area contributed by atoms with Gasteiger partial charge in [-0.2, -0.15) is 8.78 Å². The van der Waals surface area contributed by atoms with Crippen LogP contribution in [0.3, 0.4) is 0 Å². The van der Waals surface area contributed by atoms with Gasteiger partial charge in [0.25, 0.3) is 5.91 Å². The summed E-state index contributed by atoms with van der Waals surface area (Å²) in [7, 11) is 0. The van der Waals surface area contributed by atoms with Crippen LogP contribution in [-0.4, -0.2) is 72.9 Å². The van der Waals surface area contributed by atoms with E-state index in [1.165, 1.54) is 11.0 Å². The number of benzene rings is 2. The van der Waals surface area contributed by atoms with Gasteiger partial charge in [-0.25, -0.2) is 8.78 Å². The third-order valence-electron chi connectivity index (χ3n) is 6.26. The molecule has 222 valence electrons. The summed E-state index contributed by atoms with van der Waals surface area (Å²) in [5, 5.41) is 6.53. The lowest BCUT2D eigenvalue weighted by Gasteiger charge is -2.24. The standard InChI is InChI=1S/C27H22ClF4N3O7/c28-16-4-2-1-3-15(16)22-10-20(34-42-22)27(39)35-6-8-40-12-14(11-35)26(38)33-19(5-7-36)21(37)13-41-25-23(31)17(29)9-18(30)24(25)32/h1-4,7,9-10,14,19H,5-6,8,11-13H2,(H,33,38). The Labute approximate surface area is 240 Å². The van der Waals surface area contributed by atoms with Crippen LogP contribution < -0.4 is 10.1 Å². The number of rotatable bonds is 10. The summed E-state index contributed by atoms with van der Waals surface area (Å²) in [5.41, 5.74) is 0.468. The van der Waals surface area contributed by atoms with Gasteiger partial charge in [0.1, 0.15) is 12.9 Å². The predicted octanol–water partition coefficient (Wildman–Crippen LogP) is 3.36. The Morgan fingerprint density at radius 1 is 1.14 bits per heavy atom. The highest BCUT2D eigenvalue weighted by atomic mass is 35.5. The molecule has 0 spiro atoms. The van der Waals surface area contributed by atoms with Gasteiger partial charge in [-0.15, -0.1) is 0 Å². The summed E-state index contributed by atoms with van der Waals surface area (Å²) in [5.74, 6) is -11.8. The zero-order valence-corrected chi connectivity index (χ0v) is 22.3. The molecule has 1 aromatic heterocycles. The molecule has 0 aliphatic carbocycles. The SMILES string of the molecule is O=CCC(NC(=O)C1COCCN(C(=O)c2cc(-c3ccccc3Cl)on2)C1)C(=O)COc1c(F)c(F)cc(F)c1F. The molecule has 3 aromatic rings. The van der Waals surface area contributed by atoms with E-state index >= 15 is 0 Å². The van der Waals surface area contributed by atoms with Crippen molar-refractivity contribution in [1.29, 1.82) is 0 Å². The lowest BCUT2D eigenvalue weighted by atomic mass is 10.1. The molecule has 1 aliphatic rings. The predicted molar refractivity (Wildman–Crippen MR) is 137 cm³/mol. The van der Waals surface area contributed by atoms with Crippen LogP contribution >= 0.6 is 11.6 Å². The second-order valence-corrected chi connectivity index (χ2v) is 9.50. The van der Waals surface area contributed by atoms with Crippen molar-refractivity contribution >= 4 is 35.5 Å². The fourth-order valence-electron chi connectivity index (χ4n) is 4.06. The number of carbonyl (C=O) groups excluding carboxylic acids is 4. The molecule has 0 saturated carbocycles. The van der Waals surface area contributed by atoms with Crippen molar-refractivity contribution in [3.8, 4) is 17.1 Å². The number of aromatic nitrogens is 1. The number of ether oxygens (including phenoxy) is 2. The zero-order chi connectivity index (χ0) is 30.4. The summed E-state index contributed by atoms with van der Waals surface area (Å²) in [4.78, 5) is 51.3. The molecule has 2 unspecified atom stereocenters. The minimum absolute atomic E-state index is 0.0297. The molecule has 1 aliphatic heterocycles. The molecule has 0 radical (unpaired) electrons. The van der Waals surface area contributed by atoms with E-state index < -0.39 is 71.6 Å². The van der Waals surface area contributed by atoms with Crippen molar-refractivity contribution in [2.45, 2.75) is 12.5 Å². The van der Waals surface area contributed by atoms with Gasteiger partial charge in [0, 0.05) is 37.2 Å². The quantitative estimate of drug-likeness (QED) is 0.210. The summed E-state index contributed by atoms with van der Waals surface area (Å²) < 4.78 is 69.9. The van der Waals surface area contributed by atoms with E-state index in [1.54, 1.807) is 24.3 Å². The maximum Gasteiger partial charge on any atom is 0.276 e. The van der Waals surface area contributed by atoms with E-state index in [9.17, 15) is 36.7 Å². The Hall–Kier alpha value is -4.30. The van der Waals surface area contributed by atoms with Crippen molar-refractivity contribution in [2.75, 3.05) is 32.9 Å². The second-order valence-electron chi connectivity index (χ2n) is 9.10. The first kappa shape index (κ1) is 30.7. The Morgan fingerprint density at radius 3 is 2.55 bits per heavy atom. The van der Waals surface area contributed by atoms with Crippen molar-refractivity contribution in [3.63, 3.8) is 0 Å². The maximum absolute atomic E-state index is 13.9. The molecule has 15 heteroatoms. The van der Waals surface area contributed by atoms with Crippen LogP contribution in [0.2, 0.25) is 5.02 Å². The second kappa shape index (κ2) is 13.6. The van der Waals surface area contributed by atoms with Crippen LogP contribution in [-0.2, 0) is 19.1 Å². The highest BCUT2D eigenvalue weighted by Gasteiger charge is 2.32. The first-order chi connectivity index (χ1) is 20.1. The smallest absolute Gasteiger partial charge is 0.276 e. The van der Waals surface area contributed by atoms with Gasteiger partial charge in [0.15, 0.2) is 34.6 Å². The van der Waals surface area contributed by atoms with Crippen LogP contribution in [0.15, 0.2) is 40.9 Å². The maximum atomic E-state index is 13.9. The number of hydrogen-bond acceptors (Lipinski definition) is 8. The number of amides is 2. The largest absolute Gasteiger partial charge is 0.479 e. The molecule has 4 rings (SSSR count). The number of carbonyl (C=O) groups is 4. The number of Topliss-reactive ketones (excluding diaryl/α,β-unsaturated/α-hetero) is 1. The van der Waals surface area contributed by atoms with Crippen molar-refractivity contribution in [3.05, 3.63) is 70.4 Å². The molecule has 2 aromatic carbocycles. The van der Waals surface area contributed by atoms with Gasteiger partial charge < -0.3 is 29.0 Å². The van der Waals surface area contributed by atoms with E-state index in [-0.39, 0.29) is 43.8 Å². The zero-order valence-electron chi connectivity index (χ0n) is 21.6. The molecule has 42 heavy (non-hydrogen) atoms. The van der Waals surface area contributed by atoms with Crippen LogP contribution in [0.1, 0.15) is 16.9 Å². The first-order valence-corrected chi connectivity index (χ1v) is 12.8. The van der Waals surface area contributed by atoms with Crippen LogP contribution in [0.5, 0.6) is 5.75 Å². The number of nitrogens with zero attached hydrogens (tertiary/aromatic N) is 2. The fraction of sp³-hybridized carbons (Fsp3) is 0.296. The van der Waals surface area contributed by atoms with E-state index in [0.29, 0.717) is 16.9 Å². The number of halogens is 5.